The van der Waals surface area contributed by atoms with Crippen LogP contribution in [0.2, 0.25) is 0 Å². The number of likely N-dealkylation sites (tertiary alicyclic amines) is 1. The van der Waals surface area contributed by atoms with E-state index in [1.807, 2.05) is 55.1 Å². The molecular weight excluding hydrogens is 422 g/mol. The number of hydrogen-bond donors (Lipinski definition) is 1. The Bertz CT molecular complexity index is 990. The predicted molar refractivity (Wildman–Crippen MR) is 128 cm³/mol. The summed E-state index contributed by atoms with van der Waals surface area (Å²) in [6, 6.07) is 14.0. The van der Waals surface area contributed by atoms with Gasteiger partial charge in [-0.25, -0.2) is 4.31 Å². The fourth-order valence-electron chi connectivity index (χ4n) is 4.74. The summed E-state index contributed by atoms with van der Waals surface area (Å²) in [6.07, 6.45) is 1.04. The molecule has 3 unspecified atom stereocenters. The number of nitrogens with one attached hydrogen (secondary N) is 1. The zero-order valence-electron chi connectivity index (χ0n) is 18.9. The molecule has 0 spiro atoms. The lowest BCUT2D eigenvalue weighted by Gasteiger charge is -2.20. The molecule has 2 aliphatic heterocycles. The number of carbonyl (C=O) groups is 1. The molecule has 6 nitrogen and oxygen atoms in total. The number of amides is 1. The molecule has 5 rings (SSSR count). The van der Waals surface area contributed by atoms with E-state index in [0.29, 0.717) is 13.1 Å². The van der Waals surface area contributed by atoms with Gasteiger partial charge < -0.3 is 19.1 Å². The first kappa shape index (κ1) is 21.6. The molecule has 1 N–H and O–H groups in total. The number of methoxy groups -OCH3 is 1. The Morgan fingerprint density at radius 1 is 1.03 bits per heavy atom. The number of aryl methyl sites for hydroxylation is 2. The first-order chi connectivity index (χ1) is 15.5. The molecule has 0 bridgehead atoms. The number of fused-ring (bicyclic) bond motifs is 1. The highest BCUT2D eigenvalue weighted by Gasteiger charge is 2.45. The zero-order valence-corrected chi connectivity index (χ0v) is 19.7. The van der Waals surface area contributed by atoms with Crippen LogP contribution in [0.25, 0.3) is 0 Å². The Hall–Kier alpha value is -2.22. The average molecular weight is 454 g/mol. The summed E-state index contributed by atoms with van der Waals surface area (Å²) in [6.45, 7) is 7.38. The van der Waals surface area contributed by atoms with Crippen LogP contribution in [0.5, 0.6) is 5.75 Å². The maximum absolute atomic E-state index is 13.2. The first-order valence-corrected chi connectivity index (χ1v) is 12.1. The lowest BCUT2D eigenvalue weighted by Crippen LogP contribution is -2.32. The molecule has 3 aliphatic rings. The summed E-state index contributed by atoms with van der Waals surface area (Å²) in [7, 11) is 1.68. The molecule has 0 aromatic heterocycles. The van der Waals surface area contributed by atoms with E-state index in [4.69, 9.17) is 9.47 Å². The standard InChI is InChI=1S/C25H31N3O3S/c1-16-7-8-17(2)22(9-16)25(29)27-14-23(30-3)24(15-27)31-21-6-4-5-20(11-21)26-32-28-12-18-10-19(18)13-28/h4-9,11,18-19,23-24,26H,10,12-15H2,1-3H3/t18?,19?,23?,24-/m1/s1. The van der Waals surface area contributed by atoms with Crippen LogP contribution in [0, 0.1) is 25.7 Å². The molecule has 1 aliphatic carbocycles. The summed E-state index contributed by atoms with van der Waals surface area (Å²) >= 11 is 1.68. The number of carbonyl (C=O) groups excluding carboxylic acids is 1. The number of rotatable bonds is 7. The van der Waals surface area contributed by atoms with E-state index in [1.54, 1.807) is 19.2 Å². The number of hydrogen-bond acceptors (Lipinski definition) is 6. The molecule has 2 aromatic rings. The number of benzene rings is 2. The molecule has 4 atom stereocenters. The lowest BCUT2D eigenvalue weighted by atomic mass is 10.0. The third kappa shape index (κ3) is 4.60. The van der Waals surface area contributed by atoms with Crippen molar-refractivity contribution in [1.82, 2.24) is 9.21 Å². The van der Waals surface area contributed by atoms with Crippen LogP contribution in [0.3, 0.4) is 0 Å². The highest BCUT2D eigenvalue weighted by molar-refractivity contribution is 7.98. The molecule has 0 radical (unpaired) electrons. The molecule has 32 heavy (non-hydrogen) atoms. The highest BCUT2D eigenvalue weighted by Crippen LogP contribution is 2.46. The van der Waals surface area contributed by atoms with Gasteiger partial charge in [-0.05, 0) is 55.9 Å². The van der Waals surface area contributed by atoms with Crippen molar-refractivity contribution in [2.24, 2.45) is 11.8 Å². The topological polar surface area (TPSA) is 54.0 Å². The predicted octanol–water partition coefficient (Wildman–Crippen LogP) is 4.15. The van der Waals surface area contributed by atoms with Gasteiger partial charge in [0.2, 0.25) is 0 Å². The minimum absolute atomic E-state index is 0.0369. The van der Waals surface area contributed by atoms with E-state index in [1.165, 1.54) is 19.5 Å². The van der Waals surface area contributed by atoms with E-state index >= 15 is 0 Å². The van der Waals surface area contributed by atoms with Gasteiger partial charge in [-0.3, -0.25) is 4.79 Å². The summed E-state index contributed by atoms with van der Waals surface area (Å²) in [4.78, 5) is 15.0. The van der Waals surface area contributed by atoms with Gasteiger partial charge >= 0.3 is 0 Å². The van der Waals surface area contributed by atoms with Crippen molar-refractivity contribution in [2.45, 2.75) is 32.5 Å². The smallest absolute Gasteiger partial charge is 0.254 e. The van der Waals surface area contributed by atoms with Crippen molar-refractivity contribution in [3.8, 4) is 5.75 Å². The number of nitrogens with zero attached hydrogens (tertiary/aromatic N) is 2. The Morgan fingerprint density at radius 2 is 1.81 bits per heavy atom. The van der Waals surface area contributed by atoms with Crippen LogP contribution in [0.15, 0.2) is 42.5 Å². The average Bonchev–Trinajstić information content (AvgIpc) is 3.20. The maximum Gasteiger partial charge on any atom is 0.254 e. The Balaban J connectivity index is 1.21. The van der Waals surface area contributed by atoms with Gasteiger partial charge in [0.15, 0.2) is 0 Å². The second kappa shape index (κ2) is 8.96. The van der Waals surface area contributed by atoms with Crippen molar-refractivity contribution < 1.29 is 14.3 Å². The minimum Gasteiger partial charge on any atom is -0.486 e. The van der Waals surface area contributed by atoms with E-state index in [2.05, 4.69) is 15.1 Å². The van der Waals surface area contributed by atoms with E-state index < -0.39 is 0 Å². The Labute approximate surface area is 194 Å². The van der Waals surface area contributed by atoms with Crippen molar-refractivity contribution in [1.29, 1.82) is 0 Å². The molecule has 7 heteroatoms. The van der Waals surface area contributed by atoms with Crippen LogP contribution in [0.1, 0.15) is 27.9 Å². The van der Waals surface area contributed by atoms with Gasteiger partial charge in [0.1, 0.15) is 18.0 Å². The normalized spacial score (nSPS) is 26.8. The summed E-state index contributed by atoms with van der Waals surface area (Å²) in [5, 5.41) is 0. The van der Waals surface area contributed by atoms with Gasteiger partial charge in [0, 0.05) is 49.7 Å². The SMILES string of the molecule is COC1CN(C(=O)c2cc(C)ccc2C)C[C@H]1Oc1cccc(NSN2CC3CC3C2)c1. The quantitative estimate of drug-likeness (QED) is 0.636. The van der Waals surface area contributed by atoms with Crippen LogP contribution in [-0.4, -0.2) is 60.6 Å². The second-order valence-corrected chi connectivity index (χ2v) is 10.2. The van der Waals surface area contributed by atoms with Gasteiger partial charge in [0.25, 0.3) is 5.91 Å². The monoisotopic (exact) mass is 453 g/mol. The van der Waals surface area contributed by atoms with Crippen LogP contribution in [0.4, 0.5) is 5.69 Å². The number of ether oxygens (including phenoxy) is 2. The maximum atomic E-state index is 13.2. The van der Waals surface area contributed by atoms with Crippen molar-refractivity contribution in [2.75, 3.05) is 38.0 Å². The van der Waals surface area contributed by atoms with Crippen molar-refractivity contribution >= 4 is 23.7 Å². The molecule has 2 aromatic carbocycles. The number of piperidine rings is 1. The third-order valence-corrected chi connectivity index (χ3v) is 7.67. The minimum atomic E-state index is -0.206. The molecule has 1 saturated carbocycles. The molecule has 3 fully saturated rings. The second-order valence-electron chi connectivity index (χ2n) is 9.28. The highest BCUT2D eigenvalue weighted by atomic mass is 32.2. The first-order valence-electron chi connectivity index (χ1n) is 11.3. The summed E-state index contributed by atoms with van der Waals surface area (Å²) in [5.41, 5.74) is 3.85. The van der Waals surface area contributed by atoms with Crippen LogP contribution < -0.4 is 9.46 Å². The van der Waals surface area contributed by atoms with Crippen LogP contribution in [-0.2, 0) is 4.74 Å². The van der Waals surface area contributed by atoms with E-state index in [0.717, 1.165) is 40.0 Å². The van der Waals surface area contributed by atoms with Gasteiger partial charge in [-0.1, -0.05) is 23.8 Å². The van der Waals surface area contributed by atoms with Crippen molar-refractivity contribution in [3.63, 3.8) is 0 Å². The van der Waals surface area contributed by atoms with E-state index in [-0.39, 0.29) is 18.1 Å². The Kier molecular flexibility index (Phi) is 6.05. The van der Waals surface area contributed by atoms with Crippen LogP contribution >= 0.6 is 12.1 Å². The number of anilines is 1. The molecule has 1 amide bonds. The molecule has 2 saturated heterocycles. The van der Waals surface area contributed by atoms with Gasteiger partial charge in [-0.2, -0.15) is 0 Å². The summed E-state index contributed by atoms with van der Waals surface area (Å²) < 4.78 is 17.8. The molecular formula is C25H31N3O3S. The molecule has 2 heterocycles. The third-order valence-electron chi connectivity index (χ3n) is 6.79. The van der Waals surface area contributed by atoms with Crippen molar-refractivity contribution in [3.05, 3.63) is 59.2 Å². The Morgan fingerprint density at radius 3 is 2.59 bits per heavy atom. The molecule has 170 valence electrons. The largest absolute Gasteiger partial charge is 0.486 e. The van der Waals surface area contributed by atoms with E-state index in [9.17, 15) is 4.79 Å². The summed E-state index contributed by atoms with van der Waals surface area (Å²) in [5.74, 6) is 2.66. The van der Waals surface area contributed by atoms with Gasteiger partial charge in [-0.15, -0.1) is 0 Å². The fourth-order valence-corrected chi connectivity index (χ4v) is 5.63. The fraction of sp³-hybridized carbons (Fsp3) is 0.480. The van der Waals surface area contributed by atoms with Gasteiger partial charge in [0.05, 0.1) is 13.1 Å². The zero-order chi connectivity index (χ0) is 22.2. The lowest BCUT2D eigenvalue weighted by molar-refractivity contribution is 0.0340.